The highest BCUT2D eigenvalue weighted by Crippen LogP contribution is 2.26. The van der Waals surface area contributed by atoms with E-state index in [2.05, 4.69) is 15.3 Å². The van der Waals surface area contributed by atoms with E-state index in [-0.39, 0.29) is 12.5 Å². The van der Waals surface area contributed by atoms with E-state index in [1.165, 1.54) is 6.42 Å². The van der Waals surface area contributed by atoms with Crippen molar-refractivity contribution in [1.82, 2.24) is 34.4 Å². The van der Waals surface area contributed by atoms with Crippen LogP contribution in [-0.2, 0) is 11.3 Å². The Morgan fingerprint density at radius 1 is 1.07 bits per heavy atom. The van der Waals surface area contributed by atoms with Gasteiger partial charge >= 0.3 is 0 Å². The predicted octanol–water partition coefficient (Wildman–Crippen LogP) is 2.79. The lowest BCUT2D eigenvalue weighted by Crippen LogP contribution is -2.37. The monoisotopic (exact) mass is 389 g/mol. The smallest absolute Gasteiger partial charge is 0.272 e. The maximum absolute atomic E-state index is 13.0. The predicted molar refractivity (Wildman–Crippen MR) is 110 cm³/mol. The summed E-state index contributed by atoms with van der Waals surface area (Å²) in [5.41, 5.74) is 4.15. The fraction of sp³-hybridized carbons (Fsp3) is 0.381. The molecule has 0 spiro atoms. The normalized spacial score (nSPS) is 14.8. The molecule has 29 heavy (non-hydrogen) atoms. The molecule has 0 saturated carbocycles. The van der Waals surface area contributed by atoms with Gasteiger partial charge in [0.05, 0.1) is 11.2 Å². The van der Waals surface area contributed by atoms with E-state index >= 15 is 0 Å². The van der Waals surface area contributed by atoms with Crippen LogP contribution in [0, 0.1) is 13.8 Å². The maximum atomic E-state index is 13.0. The molecule has 1 fully saturated rings. The number of aromatic nitrogens is 6. The Kier molecular flexibility index (Phi) is 4.26. The van der Waals surface area contributed by atoms with Crippen LogP contribution in [0.4, 0.5) is 0 Å². The van der Waals surface area contributed by atoms with Crippen molar-refractivity contribution in [1.29, 1.82) is 0 Å². The summed E-state index contributed by atoms with van der Waals surface area (Å²) < 4.78 is 3.65. The van der Waals surface area contributed by atoms with Gasteiger partial charge in [0, 0.05) is 24.2 Å². The Morgan fingerprint density at radius 2 is 1.86 bits per heavy atom. The van der Waals surface area contributed by atoms with Gasteiger partial charge in [-0.3, -0.25) is 4.79 Å². The molecule has 0 aliphatic carbocycles. The minimum absolute atomic E-state index is 0.124. The first kappa shape index (κ1) is 17.8. The number of fused-ring (bicyclic) bond motifs is 3. The molecule has 1 amide bonds. The summed E-state index contributed by atoms with van der Waals surface area (Å²) >= 11 is 0. The number of hydrogen-bond donors (Lipinski definition) is 0. The molecule has 4 aromatic rings. The van der Waals surface area contributed by atoms with Gasteiger partial charge in [-0.25, -0.2) is 4.68 Å². The number of carbonyl (C=O) groups is 1. The lowest BCUT2D eigenvalue weighted by atomic mass is 10.1. The van der Waals surface area contributed by atoms with Gasteiger partial charge in [-0.05, 0) is 45.2 Å². The zero-order valence-electron chi connectivity index (χ0n) is 16.7. The molecule has 0 radical (unpaired) electrons. The van der Waals surface area contributed by atoms with Crippen LogP contribution in [-0.4, -0.2) is 53.4 Å². The molecular formula is C21H23N7O. The van der Waals surface area contributed by atoms with Crippen molar-refractivity contribution in [2.45, 2.75) is 39.7 Å². The summed E-state index contributed by atoms with van der Waals surface area (Å²) in [7, 11) is 0. The minimum Gasteiger partial charge on any atom is -0.341 e. The molecule has 1 saturated heterocycles. The highest BCUT2D eigenvalue weighted by Gasteiger charge is 2.21. The Bertz CT molecular complexity index is 1220. The van der Waals surface area contributed by atoms with Gasteiger partial charge in [-0.1, -0.05) is 18.2 Å². The molecule has 0 unspecified atom stereocenters. The summed E-state index contributed by atoms with van der Waals surface area (Å²) in [5, 5.41) is 14.2. The molecule has 3 aromatic heterocycles. The number of hydrogen-bond acceptors (Lipinski definition) is 5. The van der Waals surface area contributed by atoms with Crippen molar-refractivity contribution in [2.75, 3.05) is 13.1 Å². The lowest BCUT2D eigenvalue weighted by molar-refractivity contribution is -0.132. The third kappa shape index (κ3) is 3.04. The number of likely N-dealkylation sites (tertiary alicyclic amines) is 1. The summed E-state index contributed by atoms with van der Waals surface area (Å²) in [6, 6.07) is 9.92. The molecule has 148 valence electrons. The van der Waals surface area contributed by atoms with E-state index in [1.807, 2.05) is 53.6 Å². The number of nitrogens with zero attached hydrogens (tertiary/aromatic N) is 7. The topological polar surface area (TPSA) is 81.7 Å². The lowest BCUT2D eigenvalue weighted by Gasteiger charge is -2.27. The van der Waals surface area contributed by atoms with Crippen LogP contribution in [0.1, 0.15) is 30.7 Å². The Labute approximate surface area is 168 Å². The van der Waals surface area contributed by atoms with Crippen molar-refractivity contribution >= 4 is 28.0 Å². The highest BCUT2D eigenvalue weighted by atomic mass is 16.2. The number of benzene rings is 1. The Hall–Kier alpha value is -3.29. The number of amides is 1. The first-order chi connectivity index (χ1) is 14.1. The molecule has 0 atom stereocenters. The average Bonchev–Trinajstić information content (AvgIpc) is 3.25. The zero-order chi connectivity index (χ0) is 20.0. The first-order valence-corrected chi connectivity index (χ1v) is 10.0. The van der Waals surface area contributed by atoms with Crippen LogP contribution in [0.15, 0.2) is 30.3 Å². The van der Waals surface area contributed by atoms with Crippen LogP contribution in [0.2, 0.25) is 0 Å². The molecule has 1 aliphatic heterocycles. The standard InChI is InChI=1S/C21H23N7O/c1-14-12-15(2)28(25-14)21-22-20-19(23-24-21)16-8-4-5-9-17(16)27(20)13-18(29)26-10-6-3-7-11-26/h4-5,8-9,12H,3,6-7,10-11,13H2,1-2H3. The molecule has 5 rings (SSSR count). The number of para-hydroxylation sites is 1. The third-order valence-electron chi connectivity index (χ3n) is 5.56. The molecule has 1 aromatic carbocycles. The second-order valence-corrected chi connectivity index (χ2v) is 7.67. The Morgan fingerprint density at radius 3 is 2.62 bits per heavy atom. The fourth-order valence-electron chi connectivity index (χ4n) is 4.16. The van der Waals surface area contributed by atoms with Crippen LogP contribution >= 0.6 is 0 Å². The van der Waals surface area contributed by atoms with Gasteiger partial charge < -0.3 is 9.47 Å². The second-order valence-electron chi connectivity index (χ2n) is 7.67. The molecular weight excluding hydrogens is 366 g/mol. The van der Waals surface area contributed by atoms with Gasteiger partial charge in [-0.2, -0.15) is 10.1 Å². The van der Waals surface area contributed by atoms with Crippen LogP contribution in [0.3, 0.4) is 0 Å². The maximum Gasteiger partial charge on any atom is 0.272 e. The van der Waals surface area contributed by atoms with Crippen molar-refractivity contribution < 1.29 is 4.79 Å². The fourth-order valence-corrected chi connectivity index (χ4v) is 4.16. The van der Waals surface area contributed by atoms with E-state index in [4.69, 9.17) is 4.98 Å². The van der Waals surface area contributed by atoms with Gasteiger partial charge in [0.1, 0.15) is 12.1 Å². The molecule has 4 heterocycles. The molecule has 8 heteroatoms. The van der Waals surface area contributed by atoms with Crippen molar-refractivity contribution in [3.05, 3.63) is 41.7 Å². The number of piperidine rings is 1. The van der Waals surface area contributed by atoms with E-state index in [1.54, 1.807) is 4.68 Å². The van der Waals surface area contributed by atoms with Gasteiger partial charge in [-0.15, -0.1) is 10.2 Å². The number of rotatable bonds is 3. The van der Waals surface area contributed by atoms with Gasteiger partial charge in [0.2, 0.25) is 5.91 Å². The second kappa shape index (κ2) is 6.95. The SMILES string of the molecule is Cc1cc(C)n(-c2nnc3c4ccccc4n(CC(=O)N4CCCCC4)c3n2)n1. The van der Waals surface area contributed by atoms with Gasteiger partial charge in [0.25, 0.3) is 5.95 Å². The van der Waals surface area contributed by atoms with E-state index < -0.39 is 0 Å². The van der Waals surface area contributed by atoms with Crippen molar-refractivity contribution in [3.63, 3.8) is 0 Å². The van der Waals surface area contributed by atoms with Crippen LogP contribution in [0.5, 0.6) is 0 Å². The van der Waals surface area contributed by atoms with Crippen LogP contribution < -0.4 is 0 Å². The van der Waals surface area contributed by atoms with E-state index in [0.717, 1.165) is 48.2 Å². The van der Waals surface area contributed by atoms with E-state index in [0.29, 0.717) is 17.1 Å². The van der Waals surface area contributed by atoms with Crippen LogP contribution in [0.25, 0.3) is 28.0 Å². The third-order valence-corrected chi connectivity index (χ3v) is 5.56. The summed E-state index contributed by atoms with van der Waals surface area (Å²) in [4.78, 5) is 19.7. The van der Waals surface area contributed by atoms with Crippen molar-refractivity contribution in [3.8, 4) is 5.95 Å². The Balaban J connectivity index is 1.64. The van der Waals surface area contributed by atoms with E-state index in [9.17, 15) is 4.79 Å². The molecule has 1 aliphatic rings. The number of carbonyl (C=O) groups excluding carboxylic acids is 1. The zero-order valence-corrected chi connectivity index (χ0v) is 16.7. The summed E-state index contributed by atoms with van der Waals surface area (Å²) in [6.07, 6.45) is 3.34. The van der Waals surface area contributed by atoms with Gasteiger partial charge in [0.15, 0.2) is 5.65 Å². The van der Waals surface area contributed by atoms with Crippen molar-refractivity contribution in [2.24, 2.45) is 0 Å². The molecule has 0 N–H and O–H groups in total. The summed E-state index contributed by atoms with van der Waals surface area (Å²) in [5.74, 6) is 0.538. The minimum atomic E-state index is 0.124. The largest absolute Gasteiger partial charge is 0.341 e. The average molecular weight is 389 g/mol. The molecule has 8 nitrogen and oxygen atoms in total. The summed E-state index contributed by atoms with van der Waals surface area (Å²) in [6.45, 7) is 5.81. The quantitative estimate of drug-likeness (QED) is 0.538. The number of aryl methyl sites for hydroxylation is 2. The highest BCUT2D eigenvalue weighted by molar-refractivity contribution is 6.04. The first-order valence-electron chi connectivity index (χ1n) is 10.0. The molecule has 0 bridgehead atoms.